The Hall–Kier alpha value is -2.28. The van der Waals surface area contributed by atoms with Gasteiger partial charge >= 0.3 is 0 Å². The summed E-state index contributed by atoms with van der Waals surface area (Å²) in [6, 6.07) is 8.41. The van der Waals surface area contributed by atoms with E-state index in [1.807, 2.05) is 22.8 Å². The number of carbonyl (C=O) groups excluding carboxylic acids is 2. The molecule has 0 unspecified atom stereocenters. The Morgan fingerprint density at radius 2 is 1.86 bits per heavy atom. The molecule has 1 fully saturated rings. The Bertz CT molecular complexity index is 858. The van der Waals surface area contributed by atoms with Gasteiger partial charge in [0.1, 0.15) is 4.88 Å². The fraction of sp³-hybridized carbons (Fsp3) is 0.524. The lowest BCUT2D eigenvalue weighted by molar-refractivity contribution is -0.132. The Kier molecular flexibility index (Phi) is 5.71. The Morgan fingerprint density at radius 3 is 2.57 bits per heavy atom. The van der Waals surface area contributed by atoms with Crippen LogP contribution in [-0.4, -0.2) is 50.8 Å². The monoisotopic (exact) mass is 398 g/mol. The van der Waals surface area contributed by atoms with E-state index in [-0.39, 0.29) is 11.8 Å². The molecule has 2 amide bonds. The van der Waals surface area contributed by atoms with E-state index in [1.54, 1.807) is 0 Å². The Morgan fingerprint density at radius 1 is 1.11 bits per heavy atom. The summed E-state index contributed by atoms with van der Waals surface area (Å²) in [5.41, 5.74) is 3.36. The van der Waals surface area contributed by atoms with Crippen molar-refractivity contribution in [2.24, 2.45) is 5.92 Å². The van der Waals surface area contributed by atoms with Gasteiger partial charge in [0, 0.05) is 32.6 Å². The molecule has 0 atom stereocenters. The van der Waals surface area contributed by atoms with Crippen LogP contribution >= 0.6 is 11.5 Å². The van der Waals surface area contributed by atoms with Crippen molar-refractivity contribution in [3.63, 3.8) is 0 Å². The summed E-state index contributed by atoms with van der Waals surface area (Å²) < 4.78 is 3.86. The lowest BCUT2D eigenvalue weighted by Crippen LogP contribution is -2.39. The molecule has 4 rings (SSSR count). The normalized spacial score (nSPS) is 17.5. The van der Waals surface area contributed by atoms with E-state index < -0.39 is 0 Å². The van der Waals surface area contributed by atoms with E-state index in [1.165, 1.54) is 22.7 Å². The van der Waals surface area contributed by atoms with Gasteiger partial charge < -0.3 is 9.80 Å². The molecule has 0 radical (unpaired) electrons. The molecular formula is C21H26N4O2S. The van der Waals surface area contributed by atoms with E-state index in [2.05, 4.69) is 27.8 Å². The van der Waals surface area contributed by atoms with E-state index in [4.69, 9.17) is 0 Å². The van der Waals surface area contributed by atoms with Gasteiger partial charge in [-0.05, 0) is 61.2 Å². The van der Waals surface area contributed by atoms with Crippen molar-refractivity contribution >= 4 is 23.3 Å². The molecule has 2 aliphatic rings. The van der Waals surface area contributed by atoms with Gasteiger partial charge in [0.15, 0.2) is 0 Å². The summed E-state index contributed by atoms with van der Waals surface area (Å²) in [7, 11) is 0. The van der Waals surface area contributed by atoms with Crippen molar-refractivity contribution in [2.45, 2.75) is 45.6 Å². The van der Waals surface area contributed by atoms with Crippen LogP contribution in [-0.2, 0) is 17.8 Å². The molecule has 0 saturated carbocycles. The first-order chi connectivity index (χ1) is 13.6. The molecule has 2 aromatic rings. The van der Waals surface area contributed by atoms with Gasteiger partial charge in [-0.15, -0.1) is 5.10 Å². The average Bonchev–Trinajstić information content (AvgIpc) is 3.17. The van der Waals surface area contributed by atoms with Crippen molar-refractivity contribution in [1.82, 2.24) is 19.4 Å². The van der Waals surface area contributed by atoms with Crippen LogP contribution < -0.4 is 0 Å². The van der Waals surface area contributed by atoms with E-state index >= 15 is 0 Å². The molecular weight excluding hydrogens is 372 g/mol. The molecule has 0 aliphatic carbocycles. The molecule has 1 aromatic carbocycles. The second kappa shape index (κ2) is 8.39. The third kappa shape index (κ3) is 4.09. The summed E-state index contributed by atoms with van der Waals surface area (Å²) in [4.78, 5) is 29.8. The van der Waals surface area contributed by atoms with Crippen LogP contribution in [0.4, 0.5) is 0 Å². The SMILES string of the molecule is Cc1nnsc1C(=O)N1CCC(CCC(=O)N2CCc3ccccc3C2)CC1. The van der Waals surface area contributed by atoms with E-state index in [0.717, 1.165) is 51.9 Å². The van der Waals surface area contributed by atoms with Crippen LogP contribution in [0.25, 0.3) is 0 Å². The maximum Gasteiger partial charge on any atom is 0.267 e. The summed E-state index contributed by atoms with van der Waals surface area (Å²) in [5, 5.41) is 3.93. The van der Waals surface area contributed by atoms with Crippen LogP contribution in [0.1, 0.15) is 52.2 Å². The average molecular weight is 399 g/mol. The first-order valence-electron chi connectivity index (χ1n) is 10.0. The summed E-state index contributed by atoms with van der Waals surface area (Å²) >= 11 is 1.17. The third-order valence-corrected chi connectivity index (χ3v) is 6.81. The van der Waals surface area contributed by atoms with Gasteiger partial charge in [-0.25, -0.2) is 0 Å². The number of hydrogen-bond donors (Lipinski definition) is 0. The molecule has 148 valence electrons. The standard InChI is InChI=1S/C21H26N4O2S/c1-15-20(28-23-22-15)21(27)24-11-8-16(9-12-24)6-7-19(26)25-13-10-17-4-2-3-5-18(17)14-25/h2-5,16H,6-14H2,1H3. The number of nitrogens with zero attached hydrogens (tertiary/aromatic N) is 4. The number of benzene rings is 1. The highest BCUT2D eigenvalue weighted by atomic mass is 32.1. The summed E-state index contributed by atoms with van der Waals surface area (Å²) in [6.45, 7) is 4.90. The summed E-state index contributed by atoms with van der Waals surface area (Å²) in [6.07, 6.45) is 4.41. The number of fused-ring (bicyclic) bond motifs is 1. The third-order valence-electron chi connectivity index (χ3n) is 6.00. The van der Waals surface area contributed by atoms with Crippen LogP contribution in [0.5, 0.6) is 0 Å². The molecule has 28 heavy (non-hydrogen) atoms. The molecule has 0 spiro atoms. The van der Waals surface area contributed by atoms with E-state index in [0.29, 0.717) is 22.9 Å². The lowest BCUT2D eigenvalue weighted by atomic mass is 9.91. The van der Waals surface area contributed by atoms with Crippen LogP contribution in [0.3, 0.4) is 0 Å². The second-order valence-corrected chi connectivity index (χ2v) is 8.55. The smallest absolute Gasteiger partial charge is 0.267 e. The first-order valence-corrected chi connectivity index (χ1v) is 10.8. The molecule has 0 N–H and O–H groups in total. The lowest BCUT2D eigenvalue weighted by Gasteiger charge is -2.33. The van der Waals surface area contributed by atoms with Crippen LogP contribution in [0, 0.1) is 12.8 Å². The highest BCUT2D eigenvalue weighted by Gasteiger charge is 2.27. The van der Waals surface area contributed by atoms with Gasteiger partial charge in [-0.3, -0.25) is 9.59 Å². The first kappa shape index (κ1) is 19.1. The number of piperidine rings is 1. The second-order valence-electron chi connectivity index (χ2n) is 7.80. The molecule has 1 saturated heterocycles. The fourth-order valence-electron chi connectivity index (χ4n) is 4.19. The zero-order valence-corrected chi connectivity index (χ0v) is 17.1. The summed E-state index contributed by atoms with van der Waals surface area (Å²) in [5.74, 6) is 0.833. The number of aromatic nitrogens is 2. The largest absolute Gasteiger partial charge is 0.338 e. The van der Waals surface area contributed by atoms with Gasteiger partial charge in [0.05, 0.1) is 5.69 Å². The number of aryl methyl sites for hydroxylation is 1. The molecule has 2 aliphatic heterocycles. The Balaban J connectivity index is 1.23. The van der Waals surface area contributed by atoms with Crippen LogP contribution in [0.2, 0.25) is 0 Å². The molecule has 3 heterocycles. The maximum absolute atomic E-state index is 12.7. The topological polar surface area (TPSA) is 66.4 Å². The quantitative estimate of drug-likeness (QED) is 0.794. The predicted octanol–water partition coefficient (Wildman–Crippen LogP) is 3.06. The molecule has 7 heteroatoms. The highest BCUT2D eigenvalue weighted by Crippen LogP contribution is 2.25. The molecule has 0 bridgehead atoms. The molecule has 6 nitrogen and oxygen atoms in total. The van der Waals surface area contributed by atoms with Crippen molar-refractivity contribution in [3.8, 4) is 0 Å². The maximum atomic E-state index is 12.7. The predicted molar refractivity (Wildman–Crippen MR) is 108 cm³/mol. The van der Waals surface area contributed by atoms with Crippen molar-refractivity contribution in [1.29, 1.82) is 0 Å². The zero-order chi connectivity index (χ0) is 19.5. The van der Waals surface area contributed by atoms with Gasteiger partial charge in [0.25, 0.3) is 5.91 Å². The van der Waals surface area contributed by atoms with Crippen molar-refractivity contribution < 1.29 is 9.59 Å². The number of rotatable bonds is 4. The molecule has 1 aromatic heterocycles. The van der Waals surface area contributed by atoms with Gasteiger partial charge in [-0.1, -0.05) is 28.8 Å². The Labute approximate surface area is 169 Å². The number of carbonyl (C=O) groups is 2. The minimum absolute atomic E-state index is 0.0500. The number of likely N-dealkylation sites (tertiary alicyclic amines) is 1. The highest BCUT2D eigenvalue weighted by molar-refractivity contribution is 7.07. The fourth-order valence-corrected chi connectivity index (χ4v) is 4.82. The van der Waals surface area contributed by atoms with Crippen molar-refractivity contribution in [3.05, 3.63) is 46.0 Å². The zero-order valence-electron chi connectivity index (χ0n) is 16.3. The van der Waals surface area contributed by atoms with Gasteiger partial charge in [-0.2, -0.15) is 0 Å². The minimum atomic E-state index is 0.0500. The number of amides is 2. The van der Waals surface area contributed by atoms with Crippen molar-refractivity contribution in [2.75, 3.05) is 19.6 Å². The van der Waals surface area contributed by atoms with Crippen LogP contribution in [0.15, 0.2) is 24.3 Å². The van der Waals surface area contributed by atoms with Gasteiger partial charge in [0.2, 0.25) is 5.91 Å². The minimum Gasteiger partial charge on any atom is -0.338 e. The van der Waals surface area contributed by atoms with E-state index in [9.17, 15) is 9.59 Å². The number of hydrogen-bond acceptors (Lipinski definition) is 5.